The predicted octanol–water partition coefficient (Wildman–Crippen LogP) is 5.33. The highest BCUT2D eigenvalue weighted by molar-refractivity contribution is 7.14. The zero-order valence-corrected chi connectivity index (χ0v) is 14.2. The van der Waals surface area contributed by atoms with E-state index in [9.17, 15) is 4.79 Å². The molecule has 0 aliphatic heterocycles. The second-order valence-corrected chi connectivity index (χ2v) is 8.56. The molecule has 2 aromatic rings. The number of carboxylic acid groups (broad SMARTS) is 1. The van der Waals surface area contributed by atoms with E-state index in [1.54, 1.807) is 6.07 Å². The standard InChI is InChI=1S/C20H20O2S/c1-19-9-10-20(2,12-19)16-11-13(4-7-15(16)19)3-5-14-6-8-17(23-14)18(21)22/h3-8,11H,9-10,12H2,1-2H3,(H,21,22)/b5-3+. The van der Waals surface area contributed by atoms with Crippen LogP contribution in [0.5, 0.6) is 0 Å². The van der Waals surface area contributed by atoms with Crippen LogP contribution in [0, 0.1) is 0 Å². The van der Waals surface area contributed by atoms with E-state index in [2.05, 4.69) is 38.1 Å². The van der Waals surface area contributed by atoms with Crippen LogP contribution in [0.4, 0.5) is 0 Å². The Morgan fingerprint density at radius 1 is 1.09 bits per heavy atom. The minimum absolute atomic E-state index is 0.341. The van der Waals surface area contributed by atoms with Gasteiger partial charge in [0.25, 0.3) is 0 Å². The van der Waals surface area contributed by atoms with E-state index >= 15 is 0 Å². The van der Waals surface area contributed by atoms with Crippen LogP contribution in [-0.2, 0) is 10.8 Å². The Hall–Kier alpha value is -1.87. The second kappa shape index (κ2) is 4.81. The molecule has 0 radical (unpaired) electrons. The van der Waals surface area contributed by atoms with Crippen LogP contribution in [-0.4, -0.2) is 11.1 Å². The summed E-state index contributed by atoms with van der Waals surface area (Å²) in [6, 6.07) is 10.4. The monoisotopic (exact) mass is 324 g/mol. The molecule has 1 heterocycles. The first-order valence-corrected chi connectivity index (χ1v) is 8.88. The Bertz CT molecular complexity index is 832. The first-order chi connectivity index (χ1) is 10.9. The highest BCUT2D eigenvalue weighted by Crippen LogP contribution is 2.60. The summed E-state index contributed by atoms with van der Waals surface area (Å²) < 4.78 is 0. The van der Waals surface area contributed by atoms with Crippen LogP contribution in [0.25, 0.3) is 12.2 Å². The van der Waals surface area contributed by atoms with Gasteiger partial charge in [-0.05, 0) is 65.0 Å². The molecule has 0 amide bonds. The van der Waals surface area contributed by atoms with Crippen molar-refractivity contribution in [3.63, 3.8) is 0 Å². The van der Waals surface area contributed by atoms with Crippen LogP contribution < -0.4 is 0 Å². The normalized spacial score (nSPS) is 28.4. The van der Waals surface area contributed by atoms with Crippen LogP contribution >= 0.6 is 11.3 Å². The molecule has 2 aliphatic rings. The van der Waals surface area contributed by atoms with E-state index in [0.29, 0.717) is 15.7 Å². The predicted molar refractivity (Wildman–Crippen MR) is 95.2 cm³/mol. The average molecular weight is 324 g/mol. The fourth-order valence-electron chi connectivity index (χ4n) is 4.48. The van der Waals surface area contributed by atoms with E-state index in [4.69, 9.17) is 5.11 Å². The van der Waals surface area contributed by atoms with Crippen molar-refractivity contribution in [1.29, 1.82) is 0 Å². The lowest BCUT2D eigenvalue weighted by Crippen LogP contribution is -2.17. The van der Waals surface area contributed by atoms with Crippen molar-refractivity contribution in [2.45, 2.75) is 43.9 Å². The Morgan fingerprint density at radius 2 is 1.83 bits per heavy atom. The average Bonchev–Trinajstić information content (AvgIpc) is 3.16. The summed E-state index contributed by atoms with van der Waals surface area (Å²) >= 11 is 1.31. The second-order valence-electron chi connectivity index (χ2n) is 7.44. The van der Waals surface area contributed by atoms with Gasteiger partial charge in [-0.25, -0.2) is 4.79 Å². The highest BCUT2D eigenvalue weighted by atomic mass is 32.1. The molecule has 2 unspecified atom stereocenters. The van der Waals surface area contributed by atoms with Crippen LogP contribution in [0.2, 0.25) is 0 Å². The molecule has 2 bridgehead atoms. The van der Waals surface area contributed by atoms with Crippen molar-refractivity contribution in [2.24, 2.45) is 0 Å². The van der Waals surface area contributed by atoms with Gasteiger partial charge in [0.05, 0.1) is 0 Å². The molecule has 1 saturated carbocycles. The molecule has 4 rings (SSSR count). The van der Waals surface area contributed by atoms with Gasteiger partial charge >= 0.3 is 5.97 Å². The third-order valence-corrected chi connectivity index (χ3v) is 6.67. The van der Waals surface area contributed by atoms with Crippen molar-refractivity contribution in [1.82, 2.24) is 0 Å². The van der Waals surface area contributed by atoms with Gasteiger partial charge < -0.3 is 5.11 Å². The Kier molecular flexibility index (Phi) is 3.08. The first kappa shape index (κ1) is 14.7. The molecule has 2 atom stereocenters. The van der Waals surface area contributed by atoms with Gasteiger partial charge in [0, 0.05) is 4.88 Å². The number of thiophene rings is 1. The molecule has 2 aliphatic carbocycles. The summed E-state index contributed by atoms with van der Waals surface area (Å²) in [4.78, 5) is 12.3. The molecular weight excluding hydrogens is 304 g/mol. The third-order valence-electron chi connectivity index (χ3n) is 5.63. The minimum atomic E-state index is -0.857. The van der Waals surface area contributed by atoms with Gasteiger partial charge in [-0.3, -0.25) is 0 Å². The fraction of sp³-hybridized carbons (Fsp3) is 0.350. The van der Waals surface area contributed by atoms with Crippen molar-refractivity contribution >= 4 is 29.5 Å². The maximum absolute atomic E-state index is 10.9. The number of carbonyl (C=O) groups is 1. The van der Waals surface area contributed by atoms with Crippen LogP contribution in [0.15, 0.2) is 30.3 Å². The minimum Gasteiger partial charge on any atom is -0.477 e. The quantitative estimate of drug-likeness (QED) is 0.828. The largest absolute Gasteiger partial charge is 0.477 e. The van der Waals surface area contributed by atoms with E-state index in [0.717, 1.165) is 4.88 Å². The Labute approximate surface area is 140 Å². The Morgan fingerprint density at radius 3 is 2.52 bits per heavy atom. The molecule has 1 aromatic carbocycles. The van der Waals surface area contributed by atoms with Crippen molar-refractivity contribution in [2.75, 3.05) is 0 Å². The van der Waals surface area contributed by atoms with E-state index < -0.39 is 5.97 Å². The smallest absolute Gasteiger partial charge is 0.345 e. The van der Waals surface area contributed by atoms with Gasteiger partial charge in [0.1, 0.15) is 4.88 Å². The number of carboxylic acids is 1. The van der Waals surface area contributed by atoms with E-state index in [1.807, 2.05) is 12.1 Å². The lowest BCUT2D eigenvalue weighted by molar-refractivity contribution is 0.0702. The summed E-state index contributed by atoms with van der Waals surface area (Å²) in [6.45, 7) is 4.80. The molecule has 0 spiro atoms. The highest BCUT2D eigenvalue weighted by Gasteiger charge is 2.52. The number of fused-ring (bicyclic) bond motifs is 5. The van der Waals surface area contributed by atoms with Gasteiger partial charge in [0.15, 0.2) is 0 Å². The van der Waals surface area contributed by atoms with Crippen molar-refractivity contribution in [3.05, 3.63) is 56.8 Å². The van der Waals surface area contributed by atoms with Gasteiger partial charge in [-0.1, -0.05) is 38.1 Å². The van der Waals surface area contributed by atoms with Gasteiger partial charge in [-0.15, -0.1) is 11.3 Å². The molecule has 1 fully saturated rings. The maximum Gasteiger partial charge on any atom is 0.345 e. The molecule has 118 valence electrons. The first-order valence-electron chi connectivity index (χ1n) is 8.06. The number of aromatic carboxylic acids is 1. The lowest BCUT2D eigenvalue weighted by atomic mass is 9.77. The van der Waals surface area contributed by atoms with Crippen molar-refractivity contribution in [3.8, 4) is 0 Å². The zero-order valence-electron chi connectivity index (χ0n) is 13.4. The van der Waals surface area contributed by atoms with Crippen LogP contribution in [0.3, 0.4) is 0 Å². The zero-order chi connectivity index (χ0) is 16.2. The molecule has 23 heavy (non-hydrogen) atoms. The number of rotatable bonds is 3. The summed E-state index contributed by atoms with van der Waals surface area (Å²) in [5.74, 6) is -0.857. The third kappa shape index (κ3) is 2.26. The fourth-order valence-corrected chi connectivity index (χ4v) is 5.23. The topological polar surface area (TPSA) is 37.3 Å². The van der Waals surface area contributed by atoms with E-state index in [1.165, 1.54) is 47.3 Å². The lowest BCUT2D eigenvalue weighted by Gasteiger charge is -2.27. The van der Waals surface area contributed by atoms with Gasteiger partial charge in [0.2, 0.25) is 0 Å². The van der Waals surface area contributed by atoms with Crippen LogP contribution in [0.1, 0.15) is 64.3 Å². The van der Waals surface area contributed by atoms with Gasteiger partial charge in [-0.2, -0.15) is 0 Å². The molecular formula is C20H20O2S. The molecule has 0 saturated heterocycles. The summed E-state index contributed by atoms with van der Waals surface area (Å²) in [5.41, 5.74) is 4.97. The molecule has 1 N–H and O–H groups in total. The number of benzene rings is 1. The molecule has 2 nitrogen and oxygen atoms in total. The summed E-state index contributed by atoms with van der Waals surface area (Å²) in [6.07, 6.45) is 7.97. The number of hydrogen-bond donors (Lipinski definition) is 1. The Balaban J connectivity index is 1.64. The van der Waals surface area contributed by atoms with Crippen molar-refractivity contribution < 1.29 is 9.90 Å². The SMILES string of the molecule is CC12CCC(C)(C1)c1cc(/C=C/c3ccc(C(=O)O)s3)ccc12. The van der Waals surface area contributed by atoms with E-state index in [-0.39, 0.29) is 0 Å². The summed E-state index contributed by atoms with van der Waals surface area (Å²) in [5, 5.41) is 8.99. The molecule has 1 aromatic heterocycles. The maximum atomic E-state index is 10.9. The number of hydrogen-bond acceptors (Lipinski definition) is 2. The molecule has 3 heteroatoms. The summed E-state index contributed by atoms with van der Waals surface area (Å²) in [7, 11) is 0.